The second-order valence-corrected chi connectivity index (χ2v) is 5.84. The standard InChI is InChI=1S/C20H22N2O2/c1-15-20(16(2)24-21-15)14-22(13-17-7-5-4-6-8-17)18-9-11-19(23-3)12-10-18/h4-12H,13-14H2,1-3H3. The van der Waals surface area contributed by atoms with Gasteiger partial charge in [0.05, 0.1) is 12.8 Å². The molecule has 0 saturated heterocycles. The summed E-state index contributed by atoms with van der Waals surface area (Å²) < 4.78 is 10.6. The first-order chi connectivity index (χ1) is 11.7. The lowest BCUT2D eigenvalue weighted by molar-refractivity contribution is 0.392. The molecule has 0 unspecified atom stereocenters. The lowest BCUT2D eigenvalue weighted by Gasteiger charge is -2.25. The Kier molecular flexibility index (Phi) is 4.85. The Hall–Kier alpha value is -2.75. The van der Waals surface area contributed by atoms with Gasteiger partial charge in [0.25, 0.3) is 0 Å². The molecular formula is C20H22N2O2. The van der Waals surface area contributed by atoms with Crippen LogP contribution in [0.15, 0.2) is 59.1 Å². The summed E-state index contributed by atoms with van der Waals surface area (Å²) in [6, 6.07) is 18.6. The number of hydrogen-bond acceptors (Lipinski definition) is 4. The van der Waals surface area contributed by atoms with Gasteiger partial charge >= 0.3 is 0 Å². The van der Waals surface area contributed by atoms with Crippen LogP contribution in [0.4, 0.5) is 5.69 Å². The first kappa shape index (κ1) is 16.1. The van der Waals surface area contributed by atoms with Gasteiger partial charge in [0.2, 0.25) is 0 Å². The molecule has 0 atom stereocenters. The smallest absolute Gasteiger partial charge is 0.138 e. The Bertz CT molecular complexity index is 760. The van der Waals surface area contributed by atoms with Crippen LogP contribution in [0.5, 0.6) is 5.75 Å². The molecule has 1 heterocycles. The molecule has 3 aromatic rings. The van der Waals surface area contributed by atoms with Gasteiger partial charge in [-0.15, -0.1) is 0 Å². The molecule has 0 fully saturated rings. The molecule has 0 spiro atoms. The quantitative estimate of drug-likeness (QED) is 0.669. The van der Waals surface area contributed by atoms with Crippen molar-refractivity contribution in [2.45, 2.75) is 26.9 Å². The maximum atomic E-state index is 5.32. The van der Waals surface area contributed by atoms with Crippen molar-refractivity contribution in [1.82, 2.24) is 5.16 Å². The van der Waals surface area contributed by atoms with Crippen LogP contribution in [0.1, 0.15) is 22.6 Å². The van der Waals surface area contributed by atoms with E-state index in [2.05, 4.69) is 46.5 Å². The number of methoxy groups -OCH3 is 1. The van der Waals surface area contributed by atoms with E-state index in [9.17, 15) is 0 Å². The van der Waals surface area contributed by atoms with Crippen LogP contribution < -0.4 is 9.64 Å². The fourth-order valence-corrected chi connectivity index (χ4v) is 2.75. The summed E-state index contributed by atoms with van der Waals surface area (Å²) in [5.74, 6) is 1.73. The van der Waals surface area contributed by atoms with Gasteiger partial charge < -0.3 is 14.2 Å². The molecule has 0 aliphatic heterocycles. The van der Waals surface area contributed by atoms with Crippen LogP contribution in [0, 0.1) is 13.8 Å². The van der Waals surface area contributed by atoms with E-state index in [1.165, 1.54) is 5.56 Å². The number of aryl methyl sites for hydroxylation is 2. The predicted molar refractivity (Wildman–Crippen MR) is 95.3 cm³/mol. The van der Waals surface area contributed by atoms with Gasteiger partial charge in [-0.2, -0.15) is 0 Å². The molecule has 3 rings (SSSR count). The Morgan fingerprint density at radius 3 is 2.25 bits per heavy atom. The van der Waals surface area contributed by atoms with Gasteiger partial charge in [-0.1, -0.05) is 35.5 Å². The third kappa shape index (κ3) is 3.59. The van der Waals surface area contributed by atoms with Gasteiger partial charge in [-0.05, 0) is 43.7 Å². The zero-order valence-corrected chi connectivity index (χ0v) is 14.3. The third-order valence-corrected chi connectivity index (χ3v) is 4.18. The van der Waals surface area contributed by atoms with Crippen molar-refractivity contribution in [3.8, 4) is 5.75 Å². The molecule has 0 amide bonds. The first-order valence-electron chi connectivity index (χ1n) is 8.02. The largest absolute Gasteiger partial charge is 0.497 e. The van der Waals surface area contributed by atoms with Crippen molar-refractivity contribution in [3.63, 3.8) is 0 Å². The van der Waals surface area contributed by atoms with Crippen LogP contribution in [0.25, 0.3) is 0 Å². The Morgan fingerprint density at radius 2 is 1.67 bits per heavy atom. The first-order valence-corrected chi connectivity index (χ1v) is 8.02. The van der Waals surface area contributed by atoms with Crippen molar-refractivity contribution in [3.05, 3.63) is 77.2 Å². The fraction of sp³-hybridized carbons (Fsp3) is 0.250. The Balaban J connectivity index is 1.90. The number of aromatic nitrogens is 1. The van der Waals surface area contributed by atoms with E-state index < -0.39 is 0 Å². The topological polar surface area (TPSA) is 38.5 Å². The number of anilines is 1. The van der Waals surface area contributed by atoms with Gasteiger partial charge in [-0.3, -0.25) is 0 Å². The molecule has 2 aromatic carbocycles. The summed E-state index contributed by atoms with van der Waals surface area (Å²) in [7, 11) is 1.68. The predicted octanol–water partition coefficient (Wildman–Crippen LogP) is 4.51. The molecule has 0 radical (unpaired) electrons. The molecule has 4 heteroatoms. The van der Waals surface area contributed by atoms with Crippen LogP contribution in [-0.4, -0.2) is 12.3 Å². The third-order valence-electron chi connectivity index (χ3n) is 4.18. The molecule has 0 aliphatic carbocycles. The Labute approximate surface area is 142 Å². The second-order valence-electron chi connectivity index (χ2n) is 5.84. The number of benzene rings is 2. The van der Waals surface area contributed by atoms with Crippen LogP contribution in [-0.2, 0) is 13.1 Å². The molecule has 0 N–H and O–H groups in total. The van der Waals surface area contributed by atoms with Crippen molar-refractivity contribution >= 4 is 5.69 Å². The minimum atomic E-state index is 0.752. The zero-order valence-electron chi connectivity index (χ0n) is 14.3. The number of rotatable bonds is 6. The van der Waals surface area contributed by atoms with Crippen LogP contribution in [0.2, 0.25) is 0 Å². The van der Waals surface area contributed by atoms with Gasteiger partial charge in [0, 0.05) is 24.3 Å². The average molecular weight is 322 g/mol. The van der Waals surface area contributed by atoms with E-state index in [-0.39, 0.29) is 0 Å². The van der Waals surface area contributed by atoms with E-state index >= 15 is 0 Å². The lowest BCUT2D eigenvalue weighted by atomic mass is 10.1. The summed E-state index contributed by atoms with van der Waals surface area (Å²) in [5.41, 5.74) is 4.49. The van der Waals surface area contributed by atoms with Gasteiger partial charge in [0.15, 0.2) is 0 Å². The highest BCUT2D eigenvalue weighted by Crippen LogP contribution is 2.25. The highest BCUT2D eigenvalue weighted by Gasteiger charge is 2.15. The van der Waals surface area contributed by atoms with Crippen LogP contribution in [0.3, 0.4) is 0 Å². The van der Waals surface area contributed by atoms with Gasteiger partial charge in [-0.25, -0.2) is 0 Å². The van der Waals surface area contributed by atoms with Crippen molar-refractivity contribution in [2.75, 3.05) is 12.0 Å². The average Bonchev–Trinajstić information content (AvgIpc) is 2.94. The fourth-order valence-electron chi connectivity index (χ4n) is 2.75. The van der Waals surface area contributed by atoms with Crippen molar-refractivity contribution in [2.24, 2.45) is 0 Å². The summed E-state index contributed by atoms with van der Waals surface area (Å²) in [5, 5.41) is 4.08. The molecule has 24 heavy (non-hydrogen) atoms. The van der Waals surface area contributed by atoms with E-state index in [4.69, 9.17) is 9.26 Å². The molecule has 0 aliphatic rings. The molecule has 0 saturated carbocycles. The number of ether oxygens (including phenoxy) is 1. The summed E-state index contributed by atoms with van der Waals surface area (Å²) in [6.07, 6.45) is 0. The van der Waals surface area contributed by atoms with Gasteiger partial charge in [0.1, 0.15) is 11.5 Å². The van der Waals surface area contributed by atoms with Crippen LogP contribution >= 0.6 is 0 Å². The van der Waals surface area contributed by atoms with Crippen molar-refractivity contribution in [1.29, 1.82) is 0 Å². The molecule has 1 aromatic heterocycles. The maximum Gasteiger partial charge on any atom is 0.138 e. The highest BCUT2D eigenvalue weighted by atomic mass is 16.5. The minimum absolute atomic E-state index is 0.752. The lowest BCUT2D eigenvalue weighted by Crippen LogP contribution is -2.22. The highest BCUT2D eigenvalue weighted by molar-refractivity contribution is 5.50. The summed E-state index contributed by atoms with van der Waals surface area (Å²) >= 11 is 0. The molecule has 4 nitrogen and oxygen atoms in total. The molecular weight excluding hydrogens is 300 g/mol. The normalized spacial score (nSPS) is 10.6. The monoisotopic (exact) mass is 322 g/mol. The van der Waals surface area contributed by atoms with E-state index in [1.54, 1.807) is 7.11 Å². The number of hydrogen-bond donors (Lipinski definition) is 0. The summed E-state index contributed by atoms with van der Waals surface area (Å²) in [4.78, 5) is 2.32. The minimum Gasteiger partial charge on any atom is -0.497 e. The van der Waals surface area contributed by atoms with E-state index in [0.29, 0.717) is 0 Å². The SMILES string of the molecule is COc1ccc(N(Cc2ccccc2)Cc2c(C)noc2C)cc1. The molecule has 124 valence electrons. The van der Waals surface area contributed by atoms with E-state index in [0.717, 1.165) is 41.5 Å². The maximum absolute atomic E-state index is 5.32. The molecule has 0 bridgehead atoms. The summed E-state index contributed by atoms with van der Waals surface area (Å²) in [6.45, 7) is 5.52. The zero-order chi connectivity index (χ0) is 16.9. The second kappa shape index (κ2) is 7.21. The number of nitrogens with zero attached hydrogens (tertiary/aromatic N) is 2. The Morgan fingerprint density at radius 1 is 0.958 bits per heavy atom. The van der Waals surface area contributed by atoms with Crippen molar-refractivity contribution < 1.29 is 9.26 Å². The van der Waals surface area contributed by atoms with E-state index in [1.807, 2.05) is 32.0 Å².